The second-order valence-electron chi connectivity index (χ2n) is 4.46. The van der Waals surface area contributed by atoms with Crippen molar-refractivity contribution in [3.05, 3.63) is 12.4 Å². The van der Waals surface area contributed by atoms with E-state index in [1.807, 2.05) is 6.92 Å². The molecule has 1 aliphatic heterocycles. The highest BCUT2D eigenvalue weighted by atomic mass is 32.2. The van der Waals surface area contributed by atoms with E-state index in [4.69, 9.17) is 0 Å². The lowest BCUT2D eigenvalue weighted by Gasteiger charge is -2.30. The standard InChI is InChI=1S/C10H18N4O2S/c1-8-10(4-3-5-11-8)13-17(15,16)9-6-12-14(2)7-9/h6-8,10-11,13H,3-5H2,1-2H3/t8-,10+/m1/s1. The van der Waals surface area contributed by atoms with Gasteiger partial charge in [-0.3, -0.25) is 4.68 Å². The van der Waals surface area contributed by atoms with Crippen molar-refractivity contribution in [2.24, 2.45) is 7.05 Å². The normalized spacial score (nSPS) is 26.0. The second-order valence-corrected chi connectivity index (χ2v) is 6.18. The topological polar surface area (TPSA) is 76.0 Å². The lowest BCUT2D eigenvalue weighted by atomic mass is 10.0. The van der Waals surface area contributed by atoms with Crippen LogP contribution in [0.15, 0.2) is 17.3 Å². The van der Waals surface area contributed by atoms with Crippen molar-refractivity contribution < 1.29 is 8.42 Å². The minimum atomic E-state index is -3.45. The quantitative estimate of drug-likeness (QED) is 0.790. The average Bonchev–Trinajstić information content (AvgIpc) is 2.69. The van der Waals surface area contributed by atoms with Crippen LogP contribution in [0.25, 0.3) is 0 Å². The Balaban J connectivity index is 2.11. The molecule has 0 saturated carbocycles. The molecule has 0 amide bonds. The minimum absolute atomic E-state index is 0.0473. The zero-order valence-corrected chi connectivity index (χ0v) is 10.9. The lowest BCUT2D eigenvalue weighted by Crippen LogP contribution is -2.51. The molecule has 1 saturated heterocycles. The van der Waals surface area contributed by atoms with Gasteiger partial charge in [0.1, 0.15) is 4.90 Å². The van der Waals surface area contributed by atoms with Crippen LogP contribution in [0.3, 0.4) is 0 Å². The molecule has 0 radical (unpaired) electrons. The molecule has 7 heteroatoms. The van der Waals surface area contributed by atoms with Crippen LogP contribution >= 0.6 is 0 Å². The van der Waals surface area contributed by atoms with Gasteiger partial charge in [-0.15, -0.1) is 0 Å². The Hall–Kier alpha value is -0.920. The van der Waals surface area contributed by atoms with Crippen LogP contribution in [0.1, 0.15) is 19.8 Å². The number of piperidine rings is 1. The molecule has 1 aromatic heterocycles. The summed E-state index contributed by atoms with van der Waals surface area (Å²) in [6.45, 7) is 2.95. The van der Waals surface area contributed by atoms with Crippen LogP contribution in [0.2, 0.25) is 0 Å². The van der Waals surface area contributed by atoms with Crippen LogP contribution in [0, 0.1) is 0 Å². The number of aromatic nitrogens is 2. The van der Waals surface area contributed by atoms with E-state index in [0.717, 1.165) is 19.4 Å². The molecule has 0 spiro atoms. The van der Waals surface area contributed by atoms with Gasteiger partial charge in [0.25, 0.3) is 0 Å². The first-order valence-electron chi connectivity index (χ1n) is 5.73. The van der Waals surface area contributed by atoms with E-state index in [1.165, 1.54) is 17.1 Å². The Bertz CT molecular complexity index is 482. The number of nitrogens with zero attached hydrogens (tertiary/aromatic N) is 2. The maximum absolute atomic E-state index is 12.1. The summed E-state index contributed by atoms with van der Waals surface area (Å²) in [7, 11) is -1.75. The molecule has 2 heterocycles. The Morgan fingerprint density at radius 1 is 1.59 bits per heavy atom. The Morgan fingerprint density at radius 3 is 2.94 bits per heavy atom. The molecular formula is C10H18N4O2S. The van der Waals surface area contributed by atoms with Gasteiger partial charge in [0.15, 0.2) is 0 Å². The molecule has 1 aliphatic rings. The van der Waals surface area contributed by atoms with Crippen molar-refractivity contribution >= 4 is 10.0 Å². The molecule has 96 valence electrons. The van der Waals surface area contributed by atoms with Crippen LogP contribution in [0.4, 0.5) is 0 Å². The molecule has 0 unspecified atom stereocenters. The summed E-state index contributed by atoms with van der Waals surface area (Å²) in [5.41, 5.74) is 0. The van der Waals surface area contributed by atoms with Gasteiger partial charge in [-0.2, -0.15) is 5.10 Å². The fourth-order valence-corrected chi connectivity index (χ4v) is 3.34. The van der Waals surface area contributed by atoms with Crippen molar-refractivity contribution in [1.82, 2.24) is 19.8 Å². The monoisotopic (exact) mass is 258 g/mol. The predicted octanol–water partition coefficient (Wildman–Crippen LogP) is -0.161. The highest BCUT2D eigenvalue weighted by molar-refractivity contribution is 7.89. The number of aryl methyl sites for hydroxylation is 1. The number of hydrogen-bond donors (Lipinski definition) is 2. The summed E-state index contributed by atoms with van der Waals surface area (Å²) in [5, 5.41) is 7.14. The van der Waals surface area contributed by atoms with Crippen molar-refractivity contribution in [2.75, 3.05) is 6.54 Å². The maximum Gasteiger partial charge on any atom is 0.243 e. The zero-order valence-electron chi connectivity index (χ0n) is 10.0. The largest absolute Gasteiger partial charge is 0.313 e. The van der Waals surface area contributed by atoms with Gasteiger partial charge in [0.05, 0.1) is 6.20 Å². The van der Waals surface area contributed by atoms with E-state index in [1.54, 1.807) is 7.05 Å². The van der Waals surface area contributed by atoms with E-state index >= 15 is 0 Å². The first-order chi connectivity index (χ1) is 7.99. The Morgan fingerprint density at radius 2 is 2.35 bits per heavy atom. The van der Waals surface area contributed by atoms with E-state index in [9.17, 15) is 8.42 Å². The summed E-state index contributed by atoms with van der Waals surface area (Å²) < 4.78 is 28.3. The highest BCUT2D eigenvalue weighted by Gasteiger charge is 2.27. The van der Waals surface area contributed by atoms with E-state index in [2.05, 4.69) is 15.1 Å². The van der Waals surface area contributed by atoms with Crippen molar-refractivity contribution in [2.45, 2.75) is 36.7 Å². The van der Waals surface area contributed by atoms with Gasteiger partial charge in [0, 0.05) is 25.3 Å². The van der Waals surface area contributed by atoms with Gasteiger partial charge in [-0.25, -0.2) is 13.1 Å². The first kappa shape index (κ1) is 12.5. The molecule has 6 nitrogen and oxygen atoms in total. The fraction of sp³-hybridized carbons (Fsp3) is 0.700. The van der Waals surface area contributed by atoms with E-state index < -0.39 is 10.0 Å². The fourth-order valence-electron chi connectivity index (χ4n) is 2.01. The predicted molar refractivity (Wildman–Crippen MR) is 64.0 cm³/mol. The zero-order chi connectivity index (χ0) is 12.5. The lowest BCUT2D eigenvalue weighted by molar-refractivity contribution is 0.349. The van der Waals surface area contributed by atoms with Gasteiger partial charge in [-0.1, -0.05) is 0 Å². The summed E-state index contributed by atoms with van der Waals surface area (Å²) >= 11 is 0. The number of sulfonamides is 1. The summed E-state index contributed by atoms with van der Waals surface area (Å²) in [6, 6.07) is 0.115. The molecular weight excluding hydrogens is 240 g/mol. The van der Waals surface area contributed by atoms with Crippen LogP contribution < -0.4 is 10.0 Å². The van der Waals surface area contributed by atoms with Gasteiger partial charge in [-0.05, 0) is 26.3 Å². The summed E-state index contributed by atoms with van der Waals surface area (Å²) in [6.07, 6.45) is 4.73. The molecule has 17 heavy (non-hydrogen) atoms. The summed E-state index contributed by atoms with van der Waals surface area (Å²) in [4.78, 5) is 0.220. The van der Waals surface area contributed by atoms with E-state index in [0.29, 0.717) is 0 Å². The minimum Gasteiger partial charge on any atom is -0.313 e. The number of hydrogen-bond acceptors (Lipinski definition) is 4. The Kier molecular flexibility index (Phi) is 3.50. The third-order valence-electron chi connectivity index (χ3n) is 3.06. The summed E-state index contributed by atoms with van der Waals surface area (Å²) in [5.74, 6) is 0. The van der Waals surface area contributed by atoms with Crippen molar-refractivity contribution in [3.63, 3.8) is 0 Å². The molecule has 2 N–H and O–H groups in total. The molecule has 1 aromatic rings. The molecule has 2 atom stereocenters. The van der Waals surface area contributed by atoms with Gasteiger partial charge in [0.2, 0.25) is 10.0 Å². The van der Waals surface area contributed by atoms with Crippen molar-refractivity contribution in [1.29, 1.82) is 0 Å². The molecule has 0 aromatic carbocycles. The van der Waals surface area contributed by atoms with Crippen LogP contribution in [-0.4, -0.2) is 36.8 Å². The average molecular weight is 258 g/mol. The SMILES string of the molecule is C[C@H]1NCCC[C@@H]1NS(=O)(=O)c1cnn(C)c1. The van der Waals surface area contributed by atoms with E-state index in [-0.39, 0.29) is 17.0 Å². The molecule has 1 fully saturated rings. The molecule has 2 rings (SSSR count). The third-order valence-corrected chi connectivity index (χ3v) is 4.50. The second kappa shape index (κ2) is 4.75. The number of nitrogens with one attached hydrogen (secondary N) is 2. The van der Waals surface area contributed by atoms with Gasteiger partial charge < -0.3 is 5.32 Å². The third kappa shape index (κ3) is 2.85. The van der Waals surface area contributed by atoms with Crippen LogP contribution in [0.5, 0.6) is 0 Å². The first-order valence-corrected chi connectivity index (χ1v) is 7.22. The molecule has 0 aliphatic carbocycles. The molecule has 0 bridgehead atoms. The van der Waals surface area contributed by atoms with Crippen molar-refractivity contribution in [3.8, 4) is 0 Å². The smallest absolute Gasteiger partial charge is 0.243 e. The van der Waals surface area contributed by atoms with Crippen LogP contribution in [-0.2, 0) is 17.1 Å². The van der Waals surface area contributed by atoms with Gasteiger partial charge >= 0.3 is 0 Å². The maximum atomic E-state index is 12.1. The number of rotatable bonds is 3. The Labute approximate surface area is 101 Å². The highest BCUT2D eigenvalue weighted by Crippen LogP contribution is 2.13.